The van der Waals surface area contributed by atoms with Gasteiger partial charge in [0.25, 0.3) is 5.91 Å². The first-order valence-corrected chi connectivity index (χ1v) is 11.7. The minimum Gasteiger partial charge on any atom is -0.369 e. The number of hydrogen-bond donors (Lipinski definition) is 2. The molecule has 3 atom stereocenters. The van der Waals surface area contributed by atoms with Gasteiger partial charge in [0.2, 0.25) is 0 Å². The number of rotatable bonds is 8. The van der Waals surface area contributed by atoms with E-state index in [-0.39, 0.29) is 11.3 Å². The van der Waals surface area contributed by atoms with E-state index in [1.54, 1.807) is 11.9 Å². The Morgan fingerprint density at radius 2 is 1.96 bits per heavy atom. The molecule has 1 heterocycles. The SMILES string of the molecule is CCCN[C@@H]1CCCC(C)(C[C@@]2(CCC3CCCCC3)N=C(N)N(C)C2=O)C1. The Balaban J connectivity index is 1.72. The first-order chi connectivity index (χ1) is 13.4. The van der Waals surface area contributed by atoms with Crippen molar-refractivity contribution in [1.29, 1.82) is 0 Å². The number of amides is 1. The lowest BCUT2D eigenvalue weighted by Crippen LogP contribution is -2.47. The summed E-state index contributed by atoms with van der Waals surface area (Å²) in [5, 5.41) is 3.72. The molecule has 0 aromatic heterocycles. The highest BCUT2D eigenvalue weighted by atomic mass is 16.2. The third-order valence-corrected chi connectivity index (χ3v) is 7.54. The maximum Gasteiger partial charge on any atom is 0.257 e. The molecule has 1 aliphatic heterocycles. The van der Waals surface area contributed by atoms with Crippen LogP contribution in [0.1, 0.15) is 97.3 Å². The minimum atomic E-state index is -0.627. The van der Waals surface area contributed by atoms with E-state index >= 15 is 0 Å². The molecule has 2 saturated carbocycles. The predicted molar refractivity (Wildman–Crippen MR) is 116 cm³/mol. The minimum absolute atomic E-state index is 0.130. The molecule has 3 N–H and O–H groups in total. The van der Waals surface area contributed by atoms with E-state index in [4.69, 9.17) is 10.7 Å². The maximum atomic E-state index is 13.3. The molecule has 1 amide bonds. The van der Waals surface area contributed by atoms with Crippen LogP contribution in [0, 0.1) is 11.3 Å². The molecule has 0 aromatic carbocycles. The molecule has 0 radical (unpaired) electrons. The second-order valence-corrected chi connectivity index (χ2v) is 10.1. The lowest BCUT2D eigenvalue weighted by molar-refractivity contribution is -0.132. The topological polar surface area (TPSA) is 70.7 Å². The molecule has 0 aromatic rings. The Hall–Kier alpha value is -1.10. The van der Waals surface area contributed by atoms with Crippen LogP contribution in [-0.4, -0.2) is 41.9 Å². The number of guanidine groups is 1. The molecular weight excluding hydrogens is 348 g/mol. The number of likely N-dealkylation sites (N-methyl/N-ethyl adjacent to an activating group) is 1. The van der Waals surface area contributed by atoms with Crippen LogP contribution in [0.2, 0.25) is 0 Å². The highest BCUT2D eigenvalue weighted by Crippen LogP contribution is 2.47. The largest absolute Gasteiger partial charge is 0.369 e. The van der Waals surface area contributed by atoms with Crippen LogP contribution in [0.15, 0.2) is 4.99 Å². The molecule has 1 unspecified atom stereocenters. The van der Waals surface area contributed by atoms with Crippen molar-refractivity contribution in [2.24, 2.45) is 22.1 Å². The number of aliphatic imine (C=N–C) groups is 1. The van der Waals surface area contributed by atoms with E-state index in [9.17, 15) is 4.79 Å². The first kappa shape index (κ1) is 21.6. The monoisotopic (exact) mass is 390 g/mol. The summed E-state index contributed by atoms with van der Waals surface area (Å²) < 4.78 is 0. The smallest absolute Gasteiger partial charge is 0.257 e. The van der Waals surface area contributed by atoms with Gasteiger partial charge in [-0.1, -0.05) is 52.4 Å². The van der Waals surface area contributed by atoms with Crippen molar-refractivity contribution in [2.75, 3.05) is 13.6 Å². The van der Waals surface area contributed by atoms with Gasteiger partial charge in [-0.15, -0.1) is 0 Å². The van der Waals surface area contributed by atoms with Crippen molar-refractivity contribution in [1.82, 2.24) is 10.2 Å². The van der Waals surface area contributed by atoms with Crippen molar-refractivity contribution >= 4 is 11.9 Å². The Morgan fingerprint density at radius 1 is 1.21 bits per heavy atom. The van der Waals surface area contributed by atoms with Crippen molar-refractivity contribution in [2.45, 2.75) is 109 Å². The fourth-order valence-electron chi connectivity index (χ4n) is 6.01. The Kier molecular flexibility index (Phi) is 7.06. The van der Waals surface area contributed by atoms with Crippen LogP contribution >= 0.6 is 0 Å². The molecule has 160 valence electrons. The number of nitrogens with one attached hydrogen (secondary N) is 1. The summed E-state index contributed by atoms with van der Waals surface area (Å²) in [7, 11) is 1.79. The van der Waals surface area contributed by atoms with Crippen LogP contribution in [0.3, 0.4) is 0 Å². The van der Waals surface area contributed by atoms with Crippen molar-refractivity contribution in [3.8, 4) is 0 Å². The van der Waals surface area contributed by atoms with Gasteiger partial charge in [0, 0.05) is 13.1 Å². The maximum absolute atomic E-state index is 13.3. The van der Waals surface area contributed by atoms with E-state index in [0.29, 0.717) is 12.0 Å². The fraction of sp³-hybridized carbons (Fsp3) is 0.913. The van der Waals surface area contributed by atoms with Gasteiger partial charge < -0.3 is 11.1 Å². The van der Waals surface area contributed by atoms with Gasteiger partial charge in [-0.25, -0.2) is 4.99 Å². The van der Waals surface area contributed by atoms with Crippen LogP contribution in [0.5, 0.6) is 0 Å². The molecule has 0 spiro atoms. The zero-order valence-electron chi connectivity index (χ0n) is 18.4. The fourth-order valence-corrected chi connectivity index (χ4v) is 6.01. The molecule has 5 nitrogen and oxygen atoms in total. The highest BCUT2D eigenvalue weighted by molar-refractivity contribution is 6.06. The van der Waals surface area contributed by atoms with Gasteiger partial charge in [0.05, 0.1) is 0 Å². The predicted octanol–water partition coefficient (Wildman–Crippen LogP) is 4.21. The summed E-state index contributed by atoms with van der Waals surface area (Å²) in [6, 6.07) is 0.574. The van der Waals surface area contributed by atoms with Crippen molar-refractivity contribution in [3.63, 3.8) is 0 Å². The van der Waals surface area contributed by atoms with E-state index < -0.39 is 5.54 Å². The van der Waals surface area contributed by atoms with Crippen LogP contribution in [0.25, 0.3) is 0 Å². The van der Waals surface area contributed by atoms with Gasteiger partial charge in [0.1, 0.15) is 5.54 Å². The standard InChI is InChI=1S/C23H42N4O/c1-4-15-25-19-11-8-13-22(2,16-19)17-23(20(28)27(3)21(24)26-23)14-12-18-9-6-5-7-10-18/h18-19,25H,4-17H2,1-3H3,(H2,24,26)/t19-,22?,23-/m1/s1. The van der Waals surface area contributed by atoms with Gasteiger partial charge in [-0.05, 0) is 62.8 Å². The van der Waals surface area contributed by atoms with E-state index in [1.165, 1.54) is 57.8 Å². The summed E-state index contributed by atoms with van der Waals surface area (Å²) in [6.07, 6.45) is 15.5. The first-order valence-electron chi connectivity index (χ1n) is 11.7. The lowest BCUT2D eigenvalue weighted by Gasteiger charge is -2.43. The zero-order chi connectivity index (χ0) is 20.2. The Morgan fingerprint density at radius 3 is 2.61 bits per heavy atom. The third kappa shape index (κ3) is 4.90. The molecular formula is C23H42N4O. The van der Waals surface area contributed by atoms with Gasteiger partial charge >= 0.3 is 0 Å². The molecule has 5 heteroatoms. The number of hydrogen-bond acceptors (Lipinski definition) is 4. The van der Waals surface area contributed by atoms with Crippen molar-refractivity contribution < 1.29 is 4.79 Å². The number of carbonyl (C=O) groups excluding carboxylic acids is 1. The average Bonchev–Trinajstić information content (AvgIpc) is 2.89. The number of nitrogens with zero attached hydrogens (tertiary/aromatic N) is 2. The number of carbonyl (C=O) groups is 1. The van der Waals surface area contributed by atoms with Crippen LogP contribution in [-0.2, 0) is 4.79 Å². The van der Waals surface area contributed by atoms with Crippen LogP contribution < -0.4 is 11.1 Å². The number of nitrogens with two attached hydrogens (primary N) is 1. The summed E-state index contributed by atoms with van der Waals surface area (Å²) in [5.74, 6) is 1.30. The summed E-state index contributed by atoms with van der Waals surface area (Å²) in [6.45, 7) is 5.69. The summed E-state index contributed by atoms with van der Waals surface area (Å²) in [4.78, 5) is 19.7. The van der Waals surface area contributed by atoms with E-state index in [0.717, 1.165) is 38.1 Å². The molecule has 2 fully saturated rings. The second-order valence-electron chi connectivity index (χ2n) is 10.1. The lowest BCUT2D eigenvalue weighted by atomic mass is 9.65. The Bertz CT molecular complexity index is 571. The average molecular weight is 391 g/mol. The molecule has 28 heavy (non-hydrogen) atoms. The van der Waals surface area contributed by atoms with Gasteiger partial charge in [-0.3, -0.25) is 9.69 Å². The molecule has 3 aliphatic rings. The van der Waals surface area contributed by atoms with E-state index in [2.05, 4.69) is 19.2 Å². The quantitative estimate of drug-likeness (QED) is 0.652. The summed E-state index contributed by atoms with van der Waals surface area (Å²) >= 11 is 0. The second kappa shape index (κ2) is 9.15. The molecule has 2 aliphatic carbocycles. The highest BCUT2D eigenvalue weighted by Gasteiger charge is 2.50. The Labute approximate surface area is 171 Å². The summed E-state index contributed by atoms with van der Waals surface area (Å²) in [5.41, 5.74) is 5.66. The molecule has 3 rings (SSSR count). The normalized spacial score (nSPS) is 34.7. The zero-order valence-corrected chi connectivity index (χ0v) is 18.4. The third-order valence-electron chi connectivity index (χ3n) is 7.54. The van der Waals surface area contributed by atoms with Gasteiger partial charge in [0.15, 0.2) is 5.96 Å². The van der Waals surface area contributed by atoms with Crippen molar-refractivity contribution in [3.05, 3.63) is 0 Å². The van der Waals surface area contributed by atoms with E-state index in [1.807, 2.05) is 0 Å². The van der Waals surface area contributed by atoms with Crippen LogP contribution in [0.4, 0.5) is 0 Å². The van der Waals surface area contributed by atoms with Gasteiger partial charge in [-0.2, -0.15) is 0 Å². The molecule has 0 bridgehead atoms. The molecule has 0 saturated heterocycles.